The Morgan fingerprint density at radius 2 is 2.13 bits per heavy atom. The zero-order chi connectivity index (χ0) is 17.2. The third-order valence-electron chi connectivity index (χ3n) is 3.43. The molecule has 0 aliphatic rings. The zero-order valence-corrected chi connectivity index (χ0v) is 14.6. The first-order valence-electron chi connectivity index (χ1n) is 7.55. The highest BCUT2D eigenvalue weighted by Gasteiger charge is 2.25. The smallest absolute Gasteiger partial charge is 0.274 e. The van der Waals surface area contributed by atoms with E-state index < -0.39 is 5.60 Å². The number of imidazole rings is 1. The maximum Gasteiger partial charge on any atom is 0.274 e. The normalized spacial score (nSPS) is 11.6. The average molecular weight is 336 g/mol. The maximum absolute atomic E-state index is 12.7. The molecular formula is C17H22ClN3O2. The number of aromatic amines is 1. The molecule has 0 fully saturated rings. The van der Waals surface area contributed by atoms with Crippen LogP contribution in [0.5, 0.6) is 0 Å². The largest absolute Gasteiger partial charge is 0.389 e. The molecule has 124 valence electrons. The number of aliphatic hydroxyl groups is 1. The number of aryl methyl sites for hydroxylation is 1. The number of nitrogens with zero attached hydrogens (tertiary/aromatic N) is 2. The second-order valence-corrected chi connectivity index (χ2v) is 6.64. The maximum atomic E-state index is 12.7. The van der Waals surface area contributed by atoms with Crippen molar-refractivity contribution in [2.75, 3.05) is 13.1 Å². The Labute approximate surface area is 141 Å². The molecule has 0 unspecified atom stereocenters. The number of rotatable bonds is 5. The lowest BCUT2D eigenvalue weighted by Gasteiger charge is -2.27. The summed E-state index contributed by atoms with van der Waals surface area (Å²) in [7, 11) is 0. The van der Waals surface area contributed by atoms with Gasteiger partial charge in [0.05, 0.1) is 5.60 Å². The van der Waals surface area contributed by atoms with Gasteiger partial charge in [0.15, 0.2) is 0 Å². The number of halogens is 1. The van der Waals surface area contributed by atoms with E-state index in [1.54, 1.807) is 30.9 Å². The fourth-order valence-corrected chi connectivity index (χ4v) is 2.58. The van der Waals surface area contributed by atoms with Crippen molar-refractivity contribution in [2.24, 2.45) is 0 Å². The van der Waals surface area contributed by atoms with Crippen LogP contribution < -0.4 is 0 Å². The molecule has 1 amide bonds. The monoisotopic (exact) mass is 335 g/mol. The summed E-state index contributed by atoms with van der Waals surface area (Å²) in [6.45, 7) is 7.80. The summed E-state index contributed by atoms with van der Waals surface area (Å²) in [6, 6.07) is 7.30. The Balaban J connectivity index is 2.31. The third kappa shape index (κ3) is 4.33. The molecule has 1 aromatic heterocycles. The number of amides is 1. The van der Waals surface area contributed by atoms with Crippen molar-refractivity contribution in [3.05, 3.63) is 40.7 Å². The predicted octanol–water partition coefficient (Wildman–Crippen LogP) is 3.27. The zero-order valence-electron chi connectivity index (χ0n) is 13.9. The Bertz CT molecular complexity index is 704. The Morgan fingerprint density at radius 3 is 2.70 bits per heavy atom. The van der Waals surface area contributed by atoms with Crippen molar-refractivity contribution >= 4 is 17.5 Å². The molecule has 0 saturated heterocycles. The van der Waals surface area contributed by atoms with Crippen molar-refractivity contribution in [1.29, 1.82) is 0 Å². The van der Waals surface area contributed by atoms with Crippen LogP contribution in [0.3, 0.4) is 0 Å². The molecule has 5 nitrogen and oxygen atoms in total. The van der Waals surface area contributed by atoms with Crippen molar-refractivity contribution in [1.82, 2.24) is 14.9 Å². The predicted molar refractivity (Wildman–Crippen MR) is 91.6 cm³/mol. The number of likely N-dealkylation sites (N-methyl/N-ethyl adjacent to an activating group) is 1. The molecule has 0 bridgehead atoms. The first-order chi connectivity index (χ1) is 10.7. The van der Waals surface area contributed by atoms with Gasteiger partial charge in [-0.15, -0.1) is 0 Å². The summed E-state index contributed by atoms with van der Waals surface area (Å²) in [5.74, 6) is 0.407. The van der Waals surface area contributed by atoms with E-state index in [4.69, 9.17) is 11.6 Å². The Kier molecular flexibility index (Phi) is 5.12. The van der Waals surface area contributed by atoms with Crippen LogP contribution >= 0.6 is 11.6 Å². The lowest BCUT2D eigenvalue weighted by Crippen LogP contribution is -2.42. The fraction of sp³-hybridized carbons (Fsp3) is 0.412. The Morgan fingerprint density at radius 1 is 1.43 bits per heavy atom. The summed E-state index contributed by atoms with van der Waals surface area (Å²) in [5, 5.41) is 10.6. The number of carbonyl (C=O) groups excluding carboxylic acids is 1. The minimum atomic E-state index is -0.953. The second kappa shape index (κ2) is 6.72. The summed E-state index contributed by atoms with van der Waals surface area (Å²) in [6.07, 6.45) is 0. The van der Waals surface area contributed by atoms with Gasteiger partial charge in [-0.1, -0.05) is 23.7 Å². The number of nitrogens with one attached hydrogen (secondary N) is 1. The highest BCUT2D eigenvalue weighted by molar-refractivity contribution is 6.30. The topological polar surface area (TPSA) is 69.2 Å². The van der Waals surface area contributed by atoms with Gasteiger partial charge in [0.1, 0.15) is 11.5 Å². The summed E-state index contributed by atoms with van der Waals surface area (Å²) in [5.41, 5.74) is 0.932. The third-order valence-corrected chi connectivity index (χ3v) is 3.67. The highest BCUT2D eigenvalue weighted by atomic mass is 35.5. The van der Waals surface area contributed by atoms with Crippen molar-refractivity contribution < 1.29 is 9.90 Å². The molecule has 0 aliphatic heterocycles. The molecule has 1 heterocycles. The number of carbonyl (C=O) groups is 1. The SMILES string of the molecule is CCN(CC(C)(C)O)C(=O)c1nc(-c2cccc(Cl)c2)[nH]c1C. The van der Waals surface area contributed by atoms with Crippen LogP contribution in [0.15, 0.2) is 24.3 Å². The molecule has 2 rings (SSSR count). The minimum Gasteiger partial charge on any atom is -0.389 e. The first kappa shape index (κ1) is 17.5. The summed E-state index contributed by atoms with van der Waals surface area (Å²) >= 11 is 6.00. The molecule has 23 heavy (non-hydrogen) atoms. The van der Waals surface area contributed by atoms with Gasteiger partial charge in [-0.3, -0.25) is 4.79 Å². The molecule has 6 heteroatoms. The number of aromatic nitrogens is 2. The van der Waals surface area contributed by atoms with Crippen molar-refractivity contribution in [3.8, 4) is 11.4 Å². The lowest BCUT2D eigenvalue weighted by molar-refractivity contribution is 0.0311. The van der Waals surface area contributed by atoms with E-state index in [1.165, 1.54) is 0 Å². The van der Waals surface area contributed by atoms with Crippen LogP contribution in [0.25, 0.3) is 11.4 Å². The van der Waals surface area contributed by atoms with Crippen molar-refractivity contribution in [3.63, 3.8) is 0 Å². The molecule has 1 aromatic carbocycles. The second-order valence-electron chi connectivity index (χ2n) is 6.20. The van der Waals surface area contributed by atoms with E-state index in [1.807, 2.05) is 26.0 Å². The molecule has 0 radical (unpaired) electrons. The van der Waals surface area contributed by atoms with E-state index in [0.29, 0.717) is 28.8 Å². The van der Waals surface area contributed by atoms with Gasteiger partial charge >= 0.3 is 0 Å². The van der Waals surface area contributed by atoms with Gasteiger partial charge in [0.2, 0.25) is 0 Å². The number of H-pyrrole nitrogens is 1. The molecular weight excluding hydrogens is 314 g/mol. The van der Waals surface area contributed by atoms with Crippen LogP contribution in [0.4, 0.5) is 0 Å². The molecule has 2 aromatic rings. The van der Waals surface area contributed by atoms with Crippen molar-refractivity contribution in [2.45, 2.75) is 33.3 Å². The van der Waals surface area contributed by atoms with Gasteiger partial charge in [0, 0.05) is 29.4 Å². The van der Waals surface area contributed by atoms with E-state index >= 15 is 0 Å². The minimum absolute atomic E-state index is 0.198. The van der Waals surface area contributed by atoms with Crippen LogP contribution in [0.1, 0.15) is 37.0 Å². The molecule has 0 saturated carbocycles. The van der Waals surface area contributed by atoms with Gasteiger partial charge in [0.25, 0.3) is 5.91 Å². The molecule has 2 N–H and O–H groups in total. The lowest BCUT2D eigenvalue weighted by atomic mass is 10.1. The Hall–Kier alpha value is -1.85. The quantitative estimate of drug-likeness (QED) is 0.881. The van der Waals surface area contributed by atoms with E-state index in [9.17, 15) is 9.90 Å². The highest BCUT2D eigenvalue weighted by Crippen LogP contribution is 2.22. The van der Waals surface area contributed by atoms with Crippen LogP contribution in [-0.4, -0.2) is 44.6 Å². The summed E-state index contributed by atoms with van der Waals surface area (Å²) in [4.78, 5) is 21.8. The van der Waals surface area contributed by atoms with Crippen LogP contribution in [-0.2, 0) is 0 Å². The first-order valence-corrected chi connectivity index (χ1v) is 7.93. The average Bonchev–Trinajstić information content (AvgIpc) is 2.85. The summed E-state index contributed by atoms with van der Waals surface area (Å²) < 4.78 is 0. The number of hydrogen-bond acceptors (Lipinski definition) is 3. The van der Waals surface area contributed by atoms with Crippen LogP contribution in [0.2, 0.25) is 5.02 Å². The van der Waals surface area contributed by atoms with E-state index in [2.05, 4.69) is 9.97 Å². The van der Waals surface area contributed by atoms with Gasteiger partial charge in [-0.25, -0.2) is 4.98 Å². The van der Waals surface area contributed by atoms with Gasteiger partial charge in [-0.2, -0.15) is 0 Å². The number of benzene rings is 1. The molecule has 0 spiro atoms. The standard InChI is InChI=1S/C17H22ClN3O2/c1-5-21(10-17(3,4)23)16(22)14-11(2)19-15(20-14)12-7-6-8-13(18)9-12/h6-9,23H,5,10H2,1-4H3,(H,19,20). The molecule has 0 aliphatic carbocycles. The van der Waals surface area contributed by atoms with E-state index in [-0.39, 0.29) is 12.5 Å². The van der Waals surface area contributed by atoms with Gasteiger partial charge < -0.3 is 15.0 Å². The fourth-order valence-electron chi connectivity index (χ4n) is 2.39. The number of hydrogen-bond donors (Lipinski definition) is 2. The molecule has 0 atom stereocenters. The van der Waals surface area contributed by atoms with Crippen LogP contribution in [0, 0.1) is 6.92 Å². The van der Waals surface area contributed by atoms with E-state index in [0.717, 1.165) is 5.56 Å². The van der Waals surface area contributed by atoms with Gasteiger partial charge in [-0.05, 0) is 39.8 Å².